The molecule has 1 aromatic heterocycles. The van der Waals surface area contributed by atoms with Gasteiger partial charge in [0.2, 0.25) is 0 Å². The second-order valence-corrected chi connectivity index (χ2v) is 8.28. The van der Waals surface area contributed by atoms with Crippen molar-refractivity contribution < 1.29 is 9.18 Å². The standard InChI is InChI=1S/C23H29FN4O/c24-20-7-5-18(6-8-20)3-4-19-2-1-13-28(17-19)21-9-14-27(15-10-21)23(29)22-16-25-11-12-26-22/h5-8,11-12,16,19,21H,1-4,9-10,13-15,17H2/t19-/m1/s1. The van der Waals surface area contributed by atoms with E-state index in [4.69, 9.17) is 0 Å². The predicted octanol–water partition coefficient (Wildman–Crippen LogP) is 3.57. The van der Waals surface area contributed by atoms with E-state index in [1.807, 2.05) is 17.0 Å². The van der Waals surface area contributed by atoms with Crippen molar-refractivity contribution in [1.82, 2.24) is 19.8 Å². The molecule has 6 heteroatoms. The van der Waals surface area contributed by atoms with Gasteiger partial charge in [-0.05, 0) is 68.7 Å². The zero-order valence-electron chi connectivity index (χ0n) is 16.8. The largest absolute Gasteiger partial charge is 0.337 e. The maximum atomic E-state index is 13.1. The van der Waals surface area contributed by atoms with Crippen molar-refractivity contribution in [2.75, 3.05) is 26.2 Å². The topological polar surface area (TPSA) is 49.3 Å². The maximum Gasteiger partial charge on any atom is 0.274 e. The molecule has 29 heavy (non-hydrogen) atoms. The Morgan fingerprint density at radius 2 is 1.86 bits per heavy atom. The number of benzene rings is 1. The number of halogens is 1. The number of aromatic nitrogens is 2. The van der Waals surface area contributed by atoms with E-state index in [0.29, 0.717) is 17.7 Å². The lowest BCUT2D eigenvalue weighted by Gasteiger charge is -2.42. The van der Waals surface area contributed by atoms with E-state index in [-0.39, 0.29) is 11.7 Å². The monoisotopic (exact) mass is 396 g/mol. The minimum Gasteiger partial charge on any atom is -0.337 e. The van der Waals surface area contributed by atoms with Gasteiger partial charge >= 0.3 is 0 Å². The Morgan fingerprint density at radius 3 is 2.59 bits per heavy atom. The molecular formula is C23H29FN4O. The first-order valence-electron chi connectivity index (χ1n) is 10.7. The fourth-order valence-corrected chi connectivity index (χ4v) is 4.69. The van der Waals surface area contributed by atoms with Crippen molar-refractivity contribution in [2.24, 2.45) is 5.92 Å². The zero-order chi connectivity index (χ0) is 20.1. The van der Waals surface area contributed by atoms with Crippen LogP contribution in [0.2, 0.25) is 0 Å². The molecule has 154 valence electrons. The highest BCUT2D eigenvalue weighted by Gasteiger charge is 2.30. The number of nitrogens with zero attached hydrogens (tertiary/aromatic N) is 4. The fraction of sp³-hybridized carbons (Fsp3) is 0.522. The third kappa shape index (κ3) is 5.18. The first kappa shape index (κ1) is 20.0. The molecule has 0 saturated carbocycles. The summed E-state index contributed by atoms with van der Waals surface area (Å²) in [6, 6.07) is 7.48. The summed E-state index contributed by atoms with van der Waals surface area (Å²) in [5, 5.41) is 0. The molecule has 0 aliphatic carbocycles. The van der Waals surface area contributed by atoms with Crippen LogP contribution in [0, 0.1) is 11.7 Å². The van der Waals surface area contributed by atoms with Crippen LogP contribution in [0.3, 0.4) is 0 Å². The highest BCUT2D eigenvalue weighted by molar-refractivity contribution is 5.92. The Kier molecular flexibility index (Phi) is 6.49. The van der Waals surface area contributed by atoms with E-state index in [0.717, 1.165) is 51.9 Å². The molecule has 4 rings (SSSR count). The van der Waals surface area contributed by atoms with E-state index in [9.17, 15) is 9.18 Å². The fourth-order valence-electron chi connectivity index (χ4n) is 4.69. The van der Waals surface area contributed by atoms with Gasteiger partial charge in [0.05, 0.1) is 6.20 Å². The van der Waals surface area contributed by atoms with Gasteiger partial charge in [0.15, 0.2) is 0 Å². The molecule has 5 nitrogen and oxygen atoms in total. The molecule has 2 aliphatic heterocycles. The Bertz CT molecular complexity index is 790. The van der Waals surface area contributed by atoms with Crippen molar-refractivity contribution in [1.29, 1.82) is 0 Å². The average molecular weight is 397 g/mol. The average Bonchev–Trinajstić information content (AvgIpc) is 2.79. The molecule has 2 aromatic rings. The van der Waals surface area contributed by atoms with Gasteiger partial charge in [0, 0.05) is 38.1 Å². The van der Waals surface area contributed by atoms with E-state index < -0.39 is 0 Å². The molecule has 0 spiro atoms. The summed E-state index contributed by atoms with van der Waals surface area (Å²) < 4.78 is 13.1. The van der Waals surface area contributed by atoms with Crippen LogP contribution in [0.25, 0.3) is 0 Å². The van der Waals surface area contributed by atoms with E-state index in [1.54, 1.807) is 30.7 Å². The molecule has 1 atom stereocenters. The summed E-state index contributed by atoms with van der Waals surface area (Å²) in [5.74, 6) is 0.530. The van der Waals surface area contributed by atoms with Gasteiger partial charge in [-0.2, -0.15) is 0 Å². The number of carbonyl (C=O) groups is 1. The van der Waals surface area contributed by atoms with Crippen LogP contribution in [-0.2, 0) is 6.42 Å². The summed E-state index contributed by atoms with van der Waals surface area (Å²) in [6.45, 7) is 3.88. The van der Waals surface area contributed by atoms with Crippen molar-refractivity contribution in [3.05, 3.63) is 59.9 Å². The molecular weight excluding hydrogens is 367 g/mol. The molecule has 0 radical (unpaired) electrons. The Balaban J connectivity index is 1.25. The SMILES string of the molecule is O=C(c1cnccn1)N1CCC(N2CCC[C@H](CCc3ccc(F)cc3)C2)CC1. The summed E-state index contributed by atoms with van der Waals surface area (Å²) >= 11 is 0. The van der Waals surface area contributed by atoms with Crippen molar-refractivity contribution in [3.63, 3.8) is 0 Å². The highest BCUT2D eigenvalue weighted by Crippen LogP contribution is 2.27. The molecule has 2 saturated heterocycles. The van der Waals surface area contributed by atoms with Crippen LogP contribution in [0.5, 0.6) is 0 Å². The molecule has 0 bridgehead atoms. The Morgan fingerprint density at radius 1 is 1.07 bits per heavy atom. The molecule has 1 aromatic carbocycles. The summed E-state index contributed by atoms with van der Waals surface area (Å²) in [7, 11) is 0. The Labute approximate surface area is 172 Å². The Hall–Kier alpha value is -2.34. The third-order valence-corrected chi connectivity index (χ3v) is 6.36. The number of rotatable bonds is 5. The van der Waals surface area contributed by atoms with Gasteiger partial charge in [0.1, 0.15) is 11.5 Å². The quantitative estimate of drug-likeness (QED) is 0.775. The summed E-state index contributed by atoms with van der Waals surface area (Å²) in [4.78, 5) is 25.3. The van der Waals surface area contributed by atoms with Crippen LogP contribution < -0.4 is 0 Å². The van der Waals surface area contributed by atoms with Crippen LogP contribution in [0.4, 0.5) is 4.39 Å². The van der Waals surface area contributed by atoms with Crippen LogP contribution in [0.1, 0.15) is 48.2 Å². The second-order valence-electron chi connectivity index (χ2n) is 8.28. The lowest BCUT2D eigenvalue weighted by atomic mass is 9.89. The second kappa shape index (κ2) is 9.44. The minimum absolute atomic E-state index is 0.00707. The molecule has 0 unspecified atom stereocenters. The molecule has 2 fully saturated rings. The number of aryl methyl sites for hydroxylation is 1. The van der Waals surface area contributed by atoms with E-state index in [1.165, 1.54) is 18.4 Å². The van der Waals surface area contributed by atoms with Crippen LogP contribution >= 0.6 is 0 Å². The molecule has 1 amide bonds. The summed E-state index contributed by atoms with van der Waals surface area (Å²) in [5.41, 5.74) is 1.66. The van der Waals surface area contributed by atoms with Crippen molar-refractivity contribution >= 4 is 5.91 Å². The van der Waals surface area contributed by atoms with Gasteiger partial charge < -0.3 is 4.90 Å². The maximum absolute atomic E-state index is 13.1. The van der Waals surface area contributed by atoms with Gasteiger partial charge in [0.25, 0.3) is 5.91 Å². The van der Waals surface area contributed by atoms with E-state index in [2.05, 4.69) is 14.9 Å². The normalized spacial score (nSPS) is 21.3. The lowest BCUT2D eigenvalue weighted by molar-refractivity contribution is 0.0517. The van der Waals surface area contributed by atoms with Gasteiger partial charge in [-0.1, -0.05) is 12.1 Å². The number of likely N-dealkylation sites (tertiary alicyclic amines) is 2. The van der Waals surface area contributed by atoms with Crippen molar-refractivity contribution in [3.8, 4) is 0 Å². The predicted molar refractivity (Wildman–Crippen MR) is 110 cm³/mol. The number of amides is 1. The van der Waals surface area contributed by atoms with Gasteiger partial charge in [-0.25, -0.2) is 9.37 Å². The molecule has 0 N–H and O–H groups in total. The molecule has 3 heterocycles. The van der Waals surface area contributed by atoms with Crippen LogP contribution in [0.15, 0.2) is 42.9 Å². The lowest BCUT2D eigenvalue weighted by Crippen LogP contribution is -2.49. The highest BCUT2D eigenvalue weighted by atomic mass is 19.1. The third-order valence-electron chi connectivity index (χ3n) is 6.36. The molecule has 2 aliphatic rings. The number of carbonyl (C=O) groups excluding carboxylic acids is 1. The van der Waals surface area contributed by atoms with Gasteiger partial charge in [-0.15, -0.1) is 0 Å². The number of hydrogen-bond acceptors (Lipinski definition) is 4. The van der Waals surface area contributed by atoms with E-state index >= 15 is 0 Å². The summed E-state index contributed by atoms with van der Waals surface area (Å²) in [6.07, 6.45) is 11.5. The minimum atomic E-state index is -0.165. The first-order chi connectivity index (χ1) is 14.2. The number of piperidine rings is 2. The number of hydrogen-bond donors (Lipinski definition) is 0. The zero-order valence-corrected chi connectivity index (χ0v) is 16.8. The van der Waals surface area contributed by atoms with Gasteiger partial charge in [-0.3, -0.25) is 14.7 Å². The smallest absolute Gasteiger partial charge is 0.274 e. The first-order valence-corrected chi connectivity index (χ1v) is 10.7. The van der Waals surface area contributed by atoms with Crippen molar-refractivity contribution in [2.45, 2.75) is 44.6 Å². The van der Waals surface area contributed by atoms with Crippen LogP contribution in [-0.4, -0.2) is 57.9 Å².